The fourth-order valence-corrected chi connectivity index (χ4v) is 2.70. The second-order valence-electron chi connectivity index (χ2n) is 5.33. The first-order valence-electron chi connectivity index (χ1n) is 7.18. The Labute approximate surface area is 130 Å². The Morgan fingerprint density at radius 2 is 2.38 bits per heavy atom. The van der Waals surface area contributed by atoms with E-state index in [4.69, 9.17) is 22.1 Å². The van der Waals surface area contributed by atoms with Crippen LogP contribution < -0.4 is 11.1 Å². The number of hydrogen-bond acceptors (Lipinski definition) is 4. The second-order valence-corrected chi connectivity index (χ2v) is 5.77. The van der Waals surface area contributed by atoms with Gasteiger partial charge in [-0.3, -0.25) is 4.79 Å². The van der Waals surface area contributed by atoms with Gasteiger partial charge < -0.3 is 20.7 Å². The van der Waals surface area contributed by atoms with Crippen molar-refractivity contribution in [2.45, 2.75) is 25.4 Å². The smallest absolute Gasteiger partial charge is 0.224 e. The Kier molecular flexibility index (Phi) is 5.85. The molecule has 116 valence electrons. The summed E-state index contributed by atoms with van der Waals surface area (Å²) in [6.45, 7) is 2.93. The van der Waals surface area contributed by atoms with Gasteiger partial charge in [-0.05, 0) is 37.6 Å². The van der Waals surface area contributed by atoms with E-state index in [1.807, 2.05) is 0 Å². The standard InChI is InChI=1S/C15H22ClN3O2/c1-21-12-6-8-19(10-12)7-2-3-15(20)18-14-5-4-11(16)9-13(14)17/h4-5,9,12H,2-3,6-8,10,17H2,1H3,(H,18,20). The van der Waals surface area contributed by atoms with Crippen molar-refractivity contribution >= 4 is 28.9 Å². The fraction of sp³-hybridized carbons (Fsp3) is 0.533. The number of ether oxygens (including phenoxy) is 1. The van der Waals surface area contributed by atoms with Gasteiger partial charge in [0.05, 0.1) is 17.5 Å². The molecule has 2 rings (SSSR count). The van der Waals surface area contributed by atoms with Crippen molar-refractivity contribution in [2.24, 2.45) is 0 Å². The van der Waals surface area contributed by atoms with E-state index in [0.717, 1.165) is 32.5 Å². The Balaban J connectivity index is 1.70. The van der Waals surface area contributed by atoms with Crippen LogP contribution in [0, 0.1) is 0 Å². The van der Waals surface area contributed by atoms with E-state index in [2.05, 4.69) is 10.2 Å². The van der Waals surface area contributed by atoms with Gasteiger partial charge in [0.25, 0.3) is 0 Å². The van der Waals surface area contributed by atoms with E-state index in [1.54, 1.807) is 25.3 Å². The average molecular weight is 312 g/mol. The molecule has 0 aliphatic carbocycles. The highest BCUT2D eigenvalue weighted by Gasteiger charge is 2.21. The van der Waals surface area contributed by atoms with Gasteiger partial charge in [-0.1, -0.05) is 11.6 Å². The highest BCUT2D eigenvalue weighted by Crippen LogP contribution is 2.22. The van der Waals surface area contributed by atoms with Gasteiger partial charge in [-0.15, -0.1) is 0 Å². The Bertz CT molecular complexity index is 496. The highest BCUT2D eigenvalue weighted by atomic mass is 35.5. The van der Waals surface area contributed by atoms with Crippen molar-refractivity contribution in [3.8, 4) is 0 Å². The average Bonchev–Trinajstić information content (AvgIpc) is 2.90. The molecule has 1 aliphatic rings. The summed E-state index contributed by atoms with van der Waals surface area (Å²) in [5.41, 5.74) is 6.91. The van der Waals surface area contributed by atoms with Crippen molar-refractivity contribution in [1.29, 1.82) is 0 Å². The van der Waals surface area contributed by atoms with Crippen molar-refractivity contribution in [1.82, 2.24) is 4.90 Å². The number of nitrogens with zero attached hydrogens (tertiary/aromatic N) is 1. The lowest BCUT2D eigenvalue weighted by Gasteiger charge is -2.15. The third-order valence-corrected chi connectivity index (χ3v) is 3.96. The number of amides is 1. The first kappa shape index (κ1) is 16.1. The first-order chi connectivity index (χ1) is 10.1. The molecule has 0 saturated carbocycles. The zero-order valence-corrected chi connectivity index (χ0v) is 13.0. The Hall–Kier alpha value is -1.30. The van der Waals surface area contributed by atoms with E-state index >= 15 is 0 Å². The number of rotatable bonds is 6. The van der Waals surface area contributed by atoms with Crippen LogP contribution in [0.4, 0.5) is 11.4 Å². The molecule has 1 aromatic rings. The maximum absolute atomic E-state index is 11.9. The normalized spacial score (nSPS) is 18.9. The van der Waals surface area contributed by atoms with Crippen LogP contribution in [0.15, 0.2) is 18.2 Å². The lowest BCUT2D eigenvalue weighted by atomic mass is 10.2. The van der Waals surface area contributed by atoms with E-state index in [-0.39, 0.29) is 5.91 Å². The number of anilines is 2. The number of nitrogen functional groups attached to an aromatic ring is 1. The summed E-state index contributed by atoms with van der Waals surface area (Å²) in [5, 5.41) is 3.38. The molecule has 1 amide bonds. The summed E-state index contributed by atoms with van der Waals surface area (Å²) >= 11 is 5.83. The van der Waals surface area contributed by atoms with E-state index < -0.39 is 0 Å². The first-order valence-corrected chi connectivity index (χ1v) is 7.56. The summed E-state index contributed by atoms with van der Waals surface area (Å²) in [7, 11) is 1.75. The van der Waals surface area contributed by atoms with Crippen molar-refractivity contribution in [3.63, 3.8) is 0 Å². The third kappa shape index (κ3) is 4.88. The lowest BCUT2D eigenvalue weighted by Crippen LogP contribution is -2.25. The molecule has 1 atom stereocenters. The fourth-order valence-electron chi connectivity index (χ4n) is 2.52. The number of carbonyl (C=O) groups excluding carboxylic acids is 1. The highest BCUT2D eigenvalue weighted by molar-refractivity contribution is 6.31. The van der Waals surface area contributed by atoms with Crippen LogP contribution >= 0.6 is 11.6 Å². The second kappa shape index (κ2) is 7.64. The Morgan fingerprint density at radius 1 is 1.57 bits per heavy atom. The topological polar surface area (TPSA) is 67.6 Å². The number of nitrogens with two attached hydrogens (primary N) is 1. The zero-order chi connectivity index (χ0) is 15.2. The predicted octanol–water partition coefficient (Wildman–Crippen LogP) is 2.36. The van der Waals surface area contributed by atoms with Gasteiger partial charge in [-0.25, -0.2) is 0 Å². The number of hydrogen-bond donors (Lipinski definition) is 2. The lowest BCUT2D eigenvalue weighted by molar-refractivity contribution is -0.116. The maximum atomic E-state index is 11.9. The van der Waals surface area contributed by atoms with E-state index in [1.165, 1.54) is 0 Å². The molecular weight excluding hydrogens is 290 g/mol. The molecule has 1 fully saturated rings. The molecule has 21 heavy (non-hydrogen) atoms. The third-order valence-electron chi connectivity index (χ3n) is 3.73. The number of benzene rings is 1. The molecule has 0 aromatic heterocycles. The molecule has 0 radical (unpaired) electrons. The SMILES string of the molecule is COC1CCN(CCCC(=O)Nc2ccc(Cl)cc2N)C1. The molecule has 0 spiro atoms. The zero-order valence-electron chi connectivity index (χ0n) is 12.3. The van der Waals surface area contributed by atoms with Crippen molar-refractivity contribution in [2.75, 3.05) is 37.8 Å². The minimum atomic E-state index is -0.0217. The molecule has 1 aromatic carbocycles. The molecule has 1 unspecified atom stereocenters. The molecule has 1 saturated heterocycles. The van der Waals surface area contributed by atoms with Crippen LogP contribution in [-0.2, 0) is 9.53 Å². The van der Waals surface area contributed by atoms with E-state index in [9.17, 15) is 4.79 Å². The summed E-state index contributed by atoms with van der Waals surface area (Å²) in [4.78, 5) is 14.2. The van der Waals surface area contributed by atoms with Crippen LogP contribution in [0.2, 0.25) is 5.02 Å². The number of likely N-dealkylation sites (tertiary alicyclic amines) is 1. The summed E-state index contributed by atoms with van der Waals surface area (Å²) < 4.78 is 5.32. The number of nitrogens with one attached hydrogen (secondary N) is 1. The summed E-state index contributed by atoms with van der Waals surface area (Å²) in [5.74, 6) is -0.0217. The summed E-state index contributed by atoms with van der Waals surface area (Å²) in [6.07, 6.45) is 2.73. The van der Waals surface area contributed by atoms with Crippen LogP contribution in [0.25, 0.3) is 0 Å². The Morgan fingerprint density at radius 3 is 3.05 bits per heavy atom. The quantitative estimate of drug-likeness (QED) is 0.791. The predicted molar refractivity (Wildman–Crippen MR) is 85.6 cm³/mol. The van der Waals surface area contributed by atoms with Gasteiger partial charge in [0.15, 0.2) is 0 Å². The van der Waals surface area contributed by atoms with Crippen molar-refractivity contribution < 1.29 is 9.53 Å². The number of methoxy groups -OCH3 is 1. The van der Waals surface area contributed by atoms with Gasteiger partial charge >= 0.3 is 0 Å². The maximum Gasteiger partial charge on any atom is 0.224 e. The van der Waals surface area contributed by atoms with Crippen LogP contribution in [0.5, 0.6) is 0 Å². The van der Waals surface area contributed by atoms with Gasteiger partial charge in [-0.2, -0.15) is 0 Å². The molecule has 5 nitrogen and oxygen atoms in total. The van der Waals surface area contributed by atoms with Crippen LogP contribution in [0.1, 0.15) is 19.3 Å². The molecule has 1 aliphatic heterocycles. The van der Waals surface area contributed by atoms with Gasteiger partial charge in [0.1, 0.15) is 0 Å². The molecule has 0 bridgehead atoms. The minimum Gasteiger partial charge on any atom is -0.397 e. The van der Waals surface area contributed by atoms with Crippen LogP contribution in [-0.4, -0.2) is 43.7 Å². The largest absolute Gasteiger partial charge is 0.397 e. The van der Waals surface area contributed by atoms with Crippen LogP contribution in [0.3, 0.4) is 0 Å². The molecule has 1 heterocycles. The molecule has 3 N–H and O–H groups in total. The minimum absolute atomic E-state index is 0.0217. The monoisotopic (exact) mass is 311 g/mol. The van der Waals surface area contributed by atoms with Crippen molar-refractivity contribution in [3.05, 3.63) is 23.2 Å². The molecule has 6 heteroatoms. The summed E-state index contributed by atoms with van der Waals surface area (Å²) in [6, 6.07) is 5.06. The van der Waals surface area contributed by atoms with E-state index in [0.29, 0.717) is 28.9 Å². The number of carbonyl (C=O) groups is 1. The number of halogens is 1. The molecular formula is C15H22ClN3O2. The van der Waals surface area contributed by atoms with Gasteiger partial charge in [0, 0.05) is 31.6 Å². The van der Waals surface area contributed by atoms with Gasteiger partial charge in [0.2, 0.25) is 5.91 Å².